The van der Waals surface area contributed by atoms with Crippen LogP contribution in [0.15, 0.2) is 54.6 Å². The molecule has 0 saturated heterocycles. The van der Waals surface area contributed by atoms with Gasteiger partial charge in [0.25, 0.3) is 0 Å². The van der Waals surface area contributed by atoms with E-state index in [9.17, 15) is 9.90 Å². The summed E-state index contributed by atoms with van der Waals surface area (Å²) in [5.74, 6) is 0.101. The predicted molar refractivity (Wildman–Crippen MR) is 134 cm³/mol. The minimum Gasteiger partial charge on any atom is -0.487 e. The number of ether oxygens (including phenoxy) is 1. The zero-order valence-electron chi connectivity index (χ0n) is 20.2. The molecule has 3 aromatic rings. The molecule has 0 radical (unpaired) electrons. The first-order valence-corrected chi connectivity index (χ1v) is 11.8. The van der Waals surface area contributed by atoms with Gasteiger partial charge in [-0.2, -0.15) is 5.10 Å². The number of carboxylic acid groups (broad SMARTS) is 1. The lowest BCUT2D eigenvalue weighted by Crippen LogP contribution is -2.15. The number of hydrogen-bond acceptors (Lipinski definition) is 4. The van der Waals surface area contributed by atoms with Crippen LogP contribution in [0.3, 0.4) is 0 Å². The van der Waals surface area contributed by atoms with Crippen LogP contribution in [0.25, 0.3) is 6.08 Å². The topological polar surface area (TPSA) is 90.4 Å². The fourth-order valence-corrected chi connectivity index (χ4v) is 4.76. The van der Waals surface area contributed by atoms with Crippen molar-refractivity contribution < 1.29 is 14.6 Å². The average molecular weight is 460 g/mol. The standard InChI is InChI=1S/C28H33N3O3/c1-17(2)31-25-13-12-23(21-10-7-9-20(14-21)19(4)29)18(3)28(25)24(30-31)16-34-26-11-6-5-8-22(26)15-27(32)33/h5-14,17-19,23H,15-16,29H2,1-4H3,(H,32,33)/t18?,19-,23?/m0/s1. The summed E-state index contributed by atoms with van der Waals surface area (Å²) < 4.78 is 8.20. The maximum absolute atomic E-state index is 11.3. The number of carboxylic acids is 1. The number of nitrogens with zero attached hydrogens (tertiary/aromatic N) is 2. The summed E-state index contributed by atoms with van der Waals surface area (Å²) in [5.41, 5.74) is 12.3. The molecule has 2 aromatic carbocycles. The smallest absolute Gasteiger partial charge is 0.307 e. The monoisotopic (exact) mass is 459 g/mol. The van der Waals surface area contributed by atoms with E-state index in [0.29, 0.717) is 11.3 Å². The number of rotatable bonds is 8. The van der Waals surface area contributed by atoms with Gasteiger partial charge in [0.05, 0.1) is 12.1 Å². The van der Waals surface area contributed by atoms with Crippen LogP contribution in [-0.4, -0.2) is 20.9 Å². The molecule has 0 bridgehead atoms. The van der Waals surface area contributed by atoms with Crippen LogP contribution in [0.2, 0.25) is 0 Å². The number of hydrogen-bond donors (Lipinski definition) is 2. The number of aromatic nitrogens is 2. The molecule has 3 N–H and O–H groups in total. The summed E-state index contributed by atoms with van der Waals surface area (Å²) in [5, 5.41) is 14.2. The lowest BCUT2D eigenvalue weighted by molar-refractivity contribution is -0.136. The zero-order valence-corrected chi connectivity index (χ0v) is 20.2. The molecule has 0 aliphatic heterocycles. The molecule has 6 heteroatoms. The highest BCUT2D eigenvalue weighted by Gasteiger charge is 2.31. The predicted octanol–water partition coefficient (Wildman–Crippen LogP) is 5.60. The molecule has 0 fully saturated rings. The van der Waals surface area contributed by atoms with E-state index in [1.54, 1.807) is 6.07 Å². The van der Waals surface area contributed by atoms with Crippen LogP contribution in [0.4, 0.5) is 0 Å². The Hall–Kier alpha value is -3.38. The van der Waals surface area contributed by atoms with Crippen molar-refractivity contribution in [1.29, 1.82) is 0 Å². The van der Waals surface area contributed by atoms with Gasteiger partial charge >= 0.3 is 5.97 Å². The number of aliphatic carboxylic acids is 1. The molecule has 4 rings (SSSR count). The summed E-state index contributed by atoms with van der Waals surface area (Å²) in [6.07, 6.45) is 4.36. The third-order valence-electron chi connectivity index (χ3n) is 6.51. The Bertz CT molecular complexity index is 1210. The summed E-state index contributed by atoms with van der Waals surface area (Å²) in [4.78, 5) is 11.3. The van der Waals surface area contributed by atoms with E-state index < -0.39 is 5.97 Å². The molecule has 1 aliphatic carbocycles. The second-order valence-electron chi connectivity index (χ2n) is 9.38. The molecule has 1 heterocycles. The van der Waals surface area contributed by atoms with Gasteiger partial charge in [0, 0.05) is 29.1 Å². The van der Waals surface area contributed by atoms with E-state index in [1.807, 2.05) is 25.1 Å². The lowest BCUT2D eigenvalue weighted by atomic mass is 9.77. The summed E-state index contributed by atoms with van der Waals surface area (Å²) in [7, 11) is 0. The van der Waals surface area contributed by atoms with Crippen LogP contribution < -0.4 is 10.5 Å². The van der Waals surface area contributed by atoms with Gasteiger partial charge in [-0.15, -0.1) is 0 Å². The first-order chi connectivity index (χ1) is 16.3. The normalized spacial score (nSPS) is 18.1. The van der Waals surface area contributed by atoms with Crippen LogP contribution >= 0.6 is 0 Å². The fraction of sp³-hybridized carbons (Fsp3) is 0.357. The molecule has 34 heavy (non-hydrogen) atoms. The Labute approximate surface area is 201 Å². The van der Waals surface area contributed by atoms with Gasteiger partial charge in [-0.3, -0.25) is 9.48 Å². The van der Waals surface area contributed by atoms with Crippen molar-refractivity contribution in [3.05, 3.63) is 88.2 Å². The Morgan fingerprint density at radius 3 is 2.65 bits per heavy atom. The molecule has 1 aromatic heterocycles. The van der Waals surface area contributed by atoms with E-state index >= 15 is 0 Å². The Balaban J connectivity index is 1.67. The summed E-state index contributed by atoms with van der Waals surface area (Å²) in [6, 6.07) is 16.0. The van der Waals surface area contributed by atoms with E-state index in [0.717, 1.165) is 17.0 Å². The van der Waals surface area contributed by atoms with Crippen molar-refractivity contribution in [2.24, 2.45) is 5.73 Å². The first kappa shape index (κ1) is 23.8. The molecule has 0 amide bonds. The SMILES string of the molecule is CC1c2c(COc3ccccc3CC(=O)O)nn(C(C)C)c2C=CC1c1cccc([C@H](C)N)c1. The van der Waals surface area contributed by atoms with Crippen LogP contribution in [0.1, 0.15) is 85.3 Å². The van der Waals surface area contributed by atoms with Gasteiger partial charge in [0.15, 0.2) is 0 Å². The van der Waals surface area contributed by atoms with E-state index in [2.05, 4.69) is 61.9 Å². The molecule has 3 atom stereocenters. The van der Waals surface area contributed by atoms with Gasteiger partial charge in [-0.1, -0.05) is 55.5 Å². The largest absolute Gasteiger partial charge is 0.487 e. The average Bonchev–Trinajstić information content (AvgIpc) is 3.18. The summed E-state index contributed by atoms with van der Waals surface area (Å²) in [6.45, 7) is 8.76. The van der Waals surface area contributed by atoms with Crippen molar-refractivity contribution in [2.45, 2.75) is 64.6 Å². The molecule has 178 valence electrons. The number of carbonyl (C=O) groups is 1. The van der Waals surface area contributed by atoms with E-state index in [-0.39, 0.29) is 36.9 Å². The number of benzene rings is 2. The van der Waals surface area contributed by atoms with Gasteiger partial charge in [-0.25, -0.2) is 0 Å². The fourth-order valence-electron chi connectivity index (χ4n) is 4.76. The number of fused-ring (bicyclic) bond motifs is 1. The van der Waals surface area contributed by atoms with Gasteiger partial charge in [-0.05, 0) is 50.0 Å². The highest BCUT2D eigenvalue weighted by molar-refractivity contribution is 5.71. The molecule has 6 nitrogen and oxygen atoms in total. The second kappa shape index (κ2) is 9.85. The quantitative estimate of drug-likeness (QED) is 0.457. The van der Waals surface area contributed by atoms with Crippen molar-refractivity contribution in [3.8, 4) is 5.75 Å². The van der Waals surface area contributed by atoms with Crippen LogP contribution in [-0.2, 0) is 17.8 Å². The van der Waals surface area contributed by atoms with Gasteiger partial charge < -0.3 is 15.6 Å². The van der Waals surface area contributed by atoms with E-state index in [4.69, 9.17) is 15.6 Å². The third-order valence-corrected chi connectivity index (χ3v) is 6.51. The zero-order chi connectivity index (χ0) is 24.4. The highest BCUT2D eigenvalue weighted by Crippen LogP contribution is 2.43. The van der Waals surface area contributed by atoms with Crippen LogP contribution in [0, 0.1) is 0 Å². The molecular formula is C28H33N3O3. The number of para-hydroxylation sites is 1. The number of nitrogens with two attached hydrogens (primary N) is 1. The van der Waals surface area contributed by atoms with Crippen molar-refractivity contribution in [3.63, 3.8) is 0 Å². The van der Waals surface area contributed by atoms with Crippen molar-refractivity contribution in [2.75, 3.05) is 0 Å². The molecule has 0 saturated carbocycles. The van der Waals surface area contributed by atoms with Crippen molar-refractivity contribution >= 4 is 12.0 Å². The maximum atomic E-state index is 11.3. The maximum Gasteiger partial charge on any atom is 0.307 e. The molecule has 1 aliphatic rings. The Kier molecular flexibility index (Phi) is 6.89. The van der Waals surface area contributed by atoms with Gasteiger partial charge in [0.1, 0.15) is 18.1 Å². The third kappa shape index (κ3) is 4.77. The minimum atomic E-state index is -0.881. The molecule has 0 spiro atoms. The highest BCUT2D eigenvalue weighted by atomic mass is 16.5. The Morgan fingerprint density at radius 2 is 1.94 bits per heavy atom. The van der Waals surface area contributed by atoms with Crippen molar-refractivity contribution in [1.82, 2.24) is 9.78 Å². The Morgan fingerprint density at radius 1 is 1.18 bits per heavy atom. The van der Waals surface area contributed by atoms with E-state index in [1.165, 1.54) is 11.1 Å². The van der Waals surface area contributed by atoms with Crippen LogP contribution in [0.5, 0.6) is 5.75 Å². The minimum absolute atomic E-state index is 0.0168. The summed E-state index contributed by atoms with van der Waals surface area (Å²) >= 11 is 0. The lowest BCUT2D eigenvalue weighted by Gasteiger charge is -2.27. The molecular weight excluding hydrogens is 426 g/mol. The second-order valence-corrected chi connectivity index (χ2v) is 9.38. The number of allylic oxidation sites excluding steroid dienone is 1. The van der Waals surface area contributed by atoms with Gasteiger partial charge in [0.2, 0.25) is 0 Å². The molecule has 2 unspecified atom stereocenters. The first-order valence-electron chi connectivity index (χ1n) is 11.8.